The zero-order valence-electron chi connectivity index (χ0n) is 7.79. The predicted octanol–water partition coefficient (Wildman–Crippen LogP) is -1.37. The molecule has 84 valence electrons. The molecule has 1 aliphatic heterocycles. The first-order valence-electron chi connectivity index (χ1n) is 4.16. The molecule has 1 N–H and O–H groups in total. The zero-order valence-corrected chi connectivity index (χ0v) is 8.61. The van der Waals surface area contributed by atoms with Crippen molar-refractivity contribution < 1.29 is 23.1 Å². The fraction of sp³-hybridized carbons (Fsp3) is 0.714. The molecule has 1 aliphatic rings. The number of carboxylic acids is 1. The molecule has 0 radical (unpaired) electrons. The molecular weight excluding hydrogens is 224 g/mol. The molecule has 0 saturated carbocycles. The number of rotatable bonds is 3. The Hall–Kier alpha value is -1.17. The fourth-order valence-electron chi connectivity index (χ4n) is 1.20. The topological polar surface area (TPSA) is 108 Å². The first-order valence-corrected chi connectivity index (χ1v) is 5.77. The van der Waals surface area contributed by atoms with Crippen LogP contribution in [0.2, 0.25) is 0 Å². The van der Waals surface area contributed by atoms with Crippen molar-refractivity contribution in [3.63, 3.8) is 0 Å². The number of sulfonamides is 1. The maximum absolute atomic E-state index is 11.4. The van der Waals surface area contributed by atoms with E-state index in [2.05, 4.69) is 0 Å². The Morgan fingerprint density at radius 3 is 2.87 bits per heavy atom. The van der Waals surface area contributed by atoms with Gasteiger partial charge in [0.15, 0.2) is 11.9 Å². The highest BCUT2D eigenvalue weighted by Gasteiger charge is 2.32. The number of nitrogens with zero attached hydrogens (tertiary/aromatic N) is 2. The van der Waals surface area contributed by atoms with Crippen molar-refractivity contribution in [2.75, 3.05) is 25.4 Å². The summed E-state index contributed by atoms with van der Waals surface area (Å²) in [5, 5.41) is 16.9. The lowest BCUT2D eigenvalue weighted by Gasteiger charge is -2.29. The molecule has 8 heteroatoms. The van der Waals surface area contributed by atoms with E-state index in [1.165, 1.54) is 6.07 Å². The molecule has 7 nitrogen and oxygen atoms in total. The second kappa shape index (κ2) is 4.57. The number of morpholine rings is 1. The Kier molecular flexibility index (Phi) is 3.62. The highest BCUT2D eigenvalue weighted by Crippen LogP contribution is 2.10. The van der Waals surface area contributed by atoms with Crippen LogP contribution in [0.1, 0.15) is 0 Å². The van der Waals surface area contributed by atoms with Gasteiger partial charge in [-0.25, -0.2) is 13.2 Å². The van der Waals surface area contributed by atoms with Crippen molar-refractivity contribution in [1.29, 1.82) is 5.26 Å². The summed E-state index contributed by atoms with van der Waals surface area (Å²) in [6.45, 7) is -0.116. The third-order valence-corrected chi connectivity index (χ3v) is 3.56. The van der Waals surface area contributed by atoms with Gasteiger partial charge in [0.1, 0.15) is 0 Å². The van der Waals surface area contributed by atoms with Gasteiger partial charge in [-0.3, -0.25) is 0 Å². The largest absolute Gasteiger partial charge is 0.479 e. The number of ether oxygens (including phenoxy) is 1. The van der Waals surface area contributed by atoms with Crippen molar-refractivity contribution in [2.45, 2.75) is 6.10 Å². The summed E-state index contributed by atoms with van der Waals surface area (Å²) in [6, 6.07) is 1.53. The molecule has 0 amide bonds. The Morgan fingerprint density at radius 2 is 2.33 bits per heavy atom. The Bertz CT molecular complexity index is 385. The van der Waals surface area contributed by atoms with Gasteiger partial charge in [0.2, 0.25) is 10.0 Å². The zero-order chi connectivity index (χ0) is 11.5. The summed E-state index contributed by atoms with van der Waals surface area (Å²) in [6.07, 6.45) is -1.15. The maximum atomic E-state index is 11.4. The highest BCUT2D eigenvalue weighted by molar-refractivity contribution is 7.89. The van der Waals surface area contributed by atoms with Crippen LogP contribution >= 0.6 is 0 Å². The molecule has 0 aliphatic carbocycles. The molecule has 15 heavy (non-hydrogen) atoms. The number of aliphatic carboxylic acids is 1. The van der Waals surface area contributed by atoms with Crippen LogP contribution in [0.4, 0.5) is 0 Å². The van der Waals surface area contributed by atoms with Crippen LogP contribution < -0.4 is 0 Å². The maximum Gasteiger partial charge on any atom is 0.334 e. The number of carboxylic acid groups (broad SMARTS) is 1. The average molecular weight is 234 g/mol. The summed E-state index contributed by atoms with van der Waals surface area (Å²) >= 11 is 0. The van der Waals surface area contributed by atoms with E-state index in [1.54, 1.807) is 0 Å². The van der Waals surface area contributed by atoms with Gasteiger partial charge >= 0.3 is 5.97 Å². The molecule has 1 rings (SSSR count). The van der Waals surface area contributed by atoms with E-state index in [0.29, 0.717) is 0 Å². The van der Waals surface area contributed by atoms with Crippen molar-refractivity contribution in [1.82, 2.24) is 4.31 Å². The normalized spacial score (nSPS) is 23.3. The van der Waals surface area contributed by atoms with Crippen molar-refractivity contribution >= 4 is 16.0 Å². The van der Waals surface area contributed by atoms with Crippen molar-refractivity contribution in [3.05, 3.63) is 0 Å². The van der Waals surface area contributed by atoms with E-state index in [1.807, 2.05) is 0 Å². The third-order valence-electron chi connectivity index (χ3n) is 1.94. The number of nitriles is 1. The van der Waals surface area contributed by atoms with Crippen LogP contribution in [0, 0.1) is 11.3 Å². The molecule has 0 aromatic rings. The van der Waals surface area contributed by atoms with Gasteiger partial charge in [-0.1, -0.05) is 0 Å². The third kappa shape index (κ3) is 2.89. The first kappa shape index (κ1) is 11.9. The van der Waals surface area contributed by atoms with E-state index >= 15 is 0 Å². The minimum absolute atomic E-state index is 0.0294. The van der Waals surface area contributed by atoms with E-state index < -0.39 is 27.8 Å². The highest BCUT2D eigenvalue weighted by atomic mass is 32.2. The lowest BCUT2D eigenvalue weighted by molar-refractivity contribution is -0.153. The second-order valence-electron chi connectivity index (χ2n) is 2.97. The minimum Gasteiger partial charge on any atom is -0.479 e. The molecule has 0 bridgehead atoms. The minimum atomic E-state index is -3.67. The second-order valence-corrected chi connectivity index (χ2v) is 4.94. The number of hydrogen-bond acceptors (Lipinski definition) is 5. The van der Waals surface area contributed by atoms with E-state index in [4.69, 9.17) is 15.1 Å². The monoisotopic (exact) mass is 234 g/mol. The summed E-state index contributed by atoms with van der Waals surface area (Å²) in [7, 11) is -3.67. The van der Waals surface area contributed by atoms with Gasteiger partial charge in [0.25, 0.3) is 0 Å². The lowest BCUT2D eigenvalue weighted by Crippen LogP contribution is -2.49. The molecule has 0 aromatic heterocycles. The Balaban J connectivity index is 2.73. The summed E-state index contributed by atoms with van der Waals surface area (Å²) in [5.74, 6) is -1.84. The molecule has 1 atom stereocenters. The van der Waals surface area contributed by atoms with Gasteiger partial charge in [0, 0.05) is 6.54 Å². The number of carbonyl (C=O) groups is 1. The van der Waals surface area contributed by atoms with Crippen LogP contribution in [0.15, 0.2) is 0 Å². The SMILES string of the molecule is N#CCS(=O)(=O)N1CCOC(C(=O)O)C1. The van der Waals surface area contributed by atoms with Crippen LogP contribution in [-0.4, -0.2) is 55.4 Å². The molecule has 1 unspecified atom stereocenters. The standard InChI is InChI=1S/C7H10N2O5S/c8-1-4-15(12,13)9-2-3-14-6(5-9)7(10)11/h6H,2-5H2,(H,10,11). The Labute approximate surface area is 86.9 Å². The molecule has 1 fully saturated rings. The van der Waals surface area contributed by atoms with Crippen LogP contribution in [0.5, 0.6) is 0 Å². The summed E-state index contributed by atoms with van der Waals surface area (Å²) in [4.78, 5) is 10.6. The van der Waals surface area contributed by atoms with Gasteiger partial charge < -0.3 is 9.84 Å². The van der Waals surface area contributed by atoms with Crippen LogP contribution in [-0.2, 0) is 19.6 Å². The quantitative estimate of drug-likeness (QED) is 0.645. The van der Waals surface area contributed by atoms with Gasteiger partial charge in [-0.2, -0.15) is 9.57 Å². The van der Waals surface area contributed by atoms with Gasteiger partial charge in [0.05, 0.1) is 19.2 Å². The molecule has 1 heterocycles. The van der Waals surface area contributed by atoms with E-state index in [-0.39, 0.29) is 19.7 Å². The van der Waals surface area contributed by atoms with E-state index in [0.717, 1.165) is 4.31 Å². The number of hydrogen-bond donors (Lipinski definition) is 1. The smallest absolute Gasteiger partial charge is 0.334 e. The van der Waals surface area contributed by atoms with Gasteiger partial charge in [-0.15, -0.1) is 0 Å². The summed E-state index contributed by atoms with van der Waals surface area (Å²) < 4.78 is 28.6. The molecule has 1 saturated heterocycles. The van der Waals surface area contributed by atoms with Crippen molar-refractivity contribution in [2.24, 2.45) is 0 Å². The Morgan fingerprint density at radius 1 is 1.67 bits per heavy atom. The molecule has 0 spiro atoms. The fourth-order valence-corrected chi connectivity index (χ4v) is 2.26. The van der Waals surface area contributed by atoms with Gasteiger partial charge in [-0.05, 0) is 0 Å². The predicted molar refractivity (Wildman–Crippen MR) is 48.3 cm³/mol. The molecule has 0 aromatic carbocycles. The van der Waals surface area contributed by atoms with E-state index in [9.17, 15) is 13.2 Å². The van der Waals surface area contributed by atoms with Crippen molar-refractivity contribution in [3.8, 4) is 6.07 Å². The first-order chi connectivity index (χ1) is 6.97. The summed E-state index contributed by atoms with van der Waals surface area (Å²) in [5.41, 5.74) is 0. The lowest BCUT2D eigenvalue weighted by atomic mass is 10.3. The van der Waals surface area contributed by atoms with Crippen LogP contribution in [0.25, 0.3) is 0 Å². The average Bonchev–Trinajstić information content (AvgIpc) is 2.18. The van der Waals surface area contributed by atoms with Crippen LogP contribution in [0.3, 0.4) is 0 Å². The molecular formula is C7H10N2O5S.